The lowest BCUT2D eigenvalue weighted by Gasteiger charge is -2.06. The van der Waals surface area contributed by atoms with Crippen LogP contribution in [0.15, 0.2) is 53.7 Å². The molecule has 5 nitrogen and oxygen atoms in total. The smallest absolute Gasteiger partial charge is 0.387 e. The van der Waals surface area contributed by atoms with Crippen LogP contribution in [0, 0.1) is 0 Å². The number of halogens is 2. The Labute approximate surface area is 135 Å². The van der Waals surface area contributed by atoms with Gasteiger partial charge in [0.1, 0.15) is 5.75 Å². The van der Waals surface area contributed by atoms with Gasteiger partial charge in [-0.2, -0.15) is 8.78 Å². The van der Waals surface area contributed by atoms with Crippen LogP contribution in [0.4, 0.5) is 8.78 Å². The second kappa shape index (κ2) is 8.23. The van der Waals surface area contributed by atoms with Crippen molar-refractivity contribution < 1.29 is 23.1 Å². The zero-order chi connectivity index (χ0) is 16.7. The van der Waals surface area contributed by atoms with Crippen LogP contribution >= 0.6 is 11.8 Å². The van der Waals surface area contributed by atoms with Crippen molar-refractivity contribution in [2.24, 2.45) is 0 Å². The Morgan fingerprint density at radius 3 is 2.52 bits per heavy atom. The number of nitrogens with one attached hydrogen (secondary N) is 1. The zero-order valence-electron chi connectivity index (χ0n) is 11.7. The van der Waals surface area contributed by atoms with Crippen LogP contribution in [0.2, 0.25) is 0 Å². The van der Waals surface area contributed by atoms with Crippen LogP contribution < -0.4 is 10.1 Å². The van der Waals surface area contributed by atoms with Crippen molar-refractivity contribution in [1.29, 1.82) is 0 Å². The Hall–Kier alpha value is -2.48. The molecule has 0 aliphatic heterocycles. The number of amides is 2. The summed E-state index contributed by atoms with van der Waals surface area (Å²) >= 11 is 1.20. The molecule has 0 aliphatic rings. The van der Waals surface area contributed by atoms with Gasteiger partial charge >= 0.3 is 6.61 Å². The summed E-state index contributed by atoms with van der Waals surface area (Å²) < 4.78 is 28.2. The van der Waals surface area contributed by atoms with Crippen molar-refractivity contribution in [3.05, 3.63) is 54.2 Å². The molecule has 1 aromatic heterocycles. The molecule has 23 heavy (non-hydrogen) atoms. The summed E-state index contributed by atoms with van der Waals surface area (Å²) in [4.78, 5) is 27.6. The van der Waals surface area contributed by atoms with Crippen molar-refractivity contribution in [3.63, 3.8) is 0 Å². The fraction of sp³-hybridized carbons (Fsp3) is 0.133. The lowest BCUT2D eigenvalue weighted by atomic mass is 10.2. The predicted octanol–water partition coefficient (Wildman–Crippen LogP) is 2.73. The van der Waals surface area contributed by atoms with Crippen molar-refractivity contribution >= 4 is 23.6 Å². The summed E-state index contributed by atoms with van der Waals surface area (Å²) in [6.45, 7) is -2.93. The van der Waals surface area contributed by atoms with Crippen molar-refractivity contribution in [3.8, 4) is 5.75 Å². The summed E-state index contributed by atoms with van der Waals surface area (Å²) in [5.74, 6) is -1.11. The Bertz CT molecular complexity index is 666. The first-order valence-electron chi connectivity index (χ1n) is 6.47. The summed E-state index contributed by atoms with van der Waals surface area (Å²) in [6.07, 6.45) is 1.61. The molecule has 0 radical (unpaired) electrons. The summed E-state index contributed by atoms with van der Waals surface area (Å²) in [7, 11) is 0. The fourth-order valence-corrected chi connectivity index (χ4v) is 2.26. The molecule has 1 aromatic carbocycles. The van der Waals surface area contributed by atoms with E-state index in [4.69, 9.17) is 0 Å². The second-order valence-corrected chi connectivity index (χ2v) is 5.23. The number of nitrogens with zero attached hydrogens (tertiary/aromatic N) is 1. The first-order chi connectivity index (χ1) is 11.0. The third-order valence-electron chi connectivity index (χ3n) is 2.58. The maximum atomic E-state index is 12.0. The molecule has 0 saturated carbocycles. The standard InChI is InChI=1S/C15H12F2N2O3S/c16-15(17)22-11-6-4-10(5-7-11)14(21)19-12(20)9-23-13-3-1-2-8-18-13/h1-8,15H,9H2,(H,19,20,21). The third-order valence-corrected chi connectivity index (χ3v) is 3.53. The third kappa shape index (κ3) is 5.67. The number of aromatic nitrogens is 1. The van der Waals surface area contributed by atoms with E-state index in [1.165, 1.54) is 36.0 Å². The largest absolute Gasteiger partial charge is 0.435 e. The Balaban J connectivity index is 1.84. The van der Waals surface area contributed by atoms with Crippen molar-refractivity contribution in [2.75, 3.05) is 5.75 Å². The molecular formula is C15H12F2N2O3S. The maximum absolute atomic E-state index is 12.0. The Morgan fingerprint density at radius 1 is 1.17 bits per heavy atom. The Kier molecular flexibility index (Phi) is 6.04. The van der Waals surface area contributed by atoms with E-state index >= 15 is 0 Å². The first-order valence-corrected chi connectivity index (χ1v) is 7.46. The molecule has 0 saturated heterocycles. The average molecular weight is 338 g/mol. The van der Waals surface area contributed by atoms with Crippen LogP contribution in [0.3, 0.4) is 0 Å². The van der Waals surface area contributed by atoms with Crippen molar-refractivity contribution in [1.82, 2.24) is 10.3 Å². The predicted molar refractivity (Wildman–Crippen MR) is 80.5 cm³/mol. The molecule has 0 fully saturated rings. The Morgan fingerprint density at radius 2 is 1.91 bits per heavy atom. The van der Waals surface area contributed by atoms with E-state index in [2.05, 4.69) is 15.0 Å². The van der Waals surface area contributed by atoms with E-state index in [9.17, 15) is 18.4 Å². The van der Waals surface area contributed by atoms with Gasteiger partial charge in [0.2, 0.25) is 5.91 Å². The van der Waals surface area contributed by atoms with E-state index in [1.807, 2.05) is 0 Å². The van der Waals surface area contributed by atoms with Crippen LogP contribution in [0.25, 0.3) is 0 Å². The lowest BCUT2D eigenvalue weighted by Crippen LogP contribution is -2.31. The molecule has 8 heteroatoms. The minimum absolute atomic E-state index is 0.0370. The molecule has 1 heterocycles. The molecule has 2 amide bonds. The van der Waals surface area contributed by atoms with Crippen LogP contribution in [0.5, 0.6) is 5.75 Å². The molecule has 120 valence electrons. The normalized spacial score (nSPS) is 10.4. The van der Waals surface area contributed by atoms with Crippen molar-refractivity contribution in [2.45, 2.75) is 11.6 Å². The average Bonchev–Trinajstić information content (AvgIpc) is 2.54. The van der Waals surface area contributed by atoms with Crippen LogP contribution in [0.1, 0.15) is 10.4 Å². The molecule has 0 aliphatic carbocycles. The number of imide groups is 1. The number of rotatable bonds is 6. The van der Waals surface area contributed by atoms with Gasteiger partial charge in [0.05, 0.1) is 10.8 Å². The fourth-order valence-electron chi connectivity index (χ4n) is 1.59. The highest BCUT2D eigenvalue weighted by molar-refractivity contribution is 7.99. The van der Waals surface area contributed by atoms with E-state index in [0.29, 0.717) is 5.03 Å². The highest BCUT2D eigenvalue weighted by atomic mass is 32.2. The molecule has 0 unspecified atom stereocenters. The SMILES string of the molecule is O=C(CSc1ccccn1)NC(=O)c1ccc(OC(F)F)cc1. The van der Waals surface area contributed by atoms with Gasteiger partial charge in [0.25, 0.3) is 5.91 Å². The summed E-state index contributed by atoms with van der Waals surface area (Å²) in [6, 6.07) is 10.4. The zero-order valence-corrected chi connectivity index (χ0v) is 12.6. The molecule has 2 aromatic rings. The van der Waals surface area contributed by atoms with Gasteiger partial charge in [-0.05, 0) is 36.4 Å². The monoisotopic (exact) mass is 338 g/mol. The van der Waals surface area contributed by atoms with E-state index in [1.54, 1.807) is 24.4 Å². The molecule has 0 atom stereocenters. The second-order valence-electron chi connectivity index (χ2n) is 4.24. The molecule has 0 bridgehead atoms. The van der Waals surface area contributed by atoms with E-state index in [-0.39, 0.29) is 17.1 Å². The molecule has 2 rings (SSSR count). The number of benzene rings is 1. The number of thioether (sulfide) groups is 1. The molecule has 1 N–H and O–H groups in total. The topological polar surface area (TPSA) is 68.3 Å². The minimum atomic E-state index is -2.93. The first kappa shape index (κ1) is 16.9. The summed E-state index contributed by atoms with van der Waals surface area (Å²) in [5, 5.41) is 2.88. The van der Waals surface area contributed by atoms with Gasteiger partial charge in [-0.1, -0.05) is 17.8 Å². The van der Waals surface area contributed by atoms with Gasteiger partial charge in [-0.15, -0.1) is 0 Å². The highest BCUT2D eigenvalue weighted by Crippen LogP contribution is 2.15. The number of alkyl halides is 2. The van der Waals surface area contributed by atoms with Crippen LogP contribution in [-0.2, 0) is 4.79 Å². The number of ether oxygens (including phenoxy) is 1. The number of hydrogen-bond donors (Lipinski definition) is 1. The van der Waals surface area contributed by atoms with Gasteiger partial charge in [-0.3, -0.25) is 14.9 Å². The summed E-state index contributed by atoms with van der Waals surface area (Å²) in [5.41, 5.74) is 0.169. The van der Waals surface area contributed by atoms with Gasteiger partial charge in [0.15, 0.2) is 0 Å². The van der Waals surface area contributed by atoms with Gasteiger partial charge < -0.3 is 4.74 Å². The quantitative estimate of drug-likeness (QED) is 0.820. The van der Waals surface area contributed by atoms with Gasteiger partial charge in [-0.25, -0.2) is 4.98 Å². The lowest BCUT2D eigenvalue weighted by molar-refractivity contribution is -0.117. The number of carbonyl (C=O) groups is 2. The molecule has 0 spiro atoms. The van der Waals surface area contributed by atoms with Gasteiger partial charge in [0, 0.05) is 11.8 Å². The van der Waals surface area contributed by atoms with Crippen LogP contribution in [-0.4, -0.2) is 29.2 Å². The number of pyridine rings is 1. The maximum Gasteiger partial charge on any atom is 0.387 e. The van der Waals surface area contributed by atoms with E-state index < -0.39 is 18.4 Å². The minimum Gasteiger partial charge on any atom is -0.435 e. The number of hydrogen-bond acceptors (Lipinski definition) is 5. The van der Waals surface area contributed by atoms with E-state index in [0.717, 1.165) is 0 Å². The number of carbonyl (C=O) groups excluding carboxylic acids is 2. The molecular weight excluding hydrogens is 326 g/mol. The highest BCUT2D eigenvalue weighted by Gasteiger charge is 2.12.